The Morgan fingerprint density at radius 3 is 2.58 bits per heavy atom. The lowest BCUT2D eigenvalue weighted by molar-refractivity contribution is 0.198. The van der Waals surface area contributed by atoms with Crippen LogP contribution in [0.2, 0.25) is 0 Å². The number of hydrogen-bond acceptors (Lipinski definition) is 3. The van der Waals surface area contributed by atoms with Crippen molar-refractivity contribution in [2.24, 2.45) is 5.92 Å². The predicted molar refractivity (Wildman–Crippen MR) is 86.1 cm³/mol. The third-order valence-corrected chi connectivity index (χ3v) is 4.47. The van der Waals surface area contributed by atoms with Gasteiger partial charge in [-0.1, -0.05) is 26.0 Å². The van der Waals surface area contributed by atoms with Crippen molar-refractivity contribution >= 4 is 17.4 Å². The van der Waals surface area contributed by atoms with Crippen molar-refractivity contribution in [1.82, 2.24) is 4.90 Å². The predicted octanol–water partition coefficient (Wildman–Crippen LogP) is 3.94. The molecule has 1 N–H and O–H groups in total. The van der Waals surface area contributed by atoms with Crippen LogP contribution in [0.5, 0.6) is 0 Å². The number of para-hydroxylation sites is 1. The molecule has 0 spiro atoms. The fraction of sp³-hybridized carbons (Fsp3) is 0.625. The van der Waals surface area contributed by atoms with E-state index in [1.54, 1.807) is 0 Å². The van der Waals surface area contributed by atoms with Gasteiger partial charge in [0.1, 0.15) is 0 Å². The molecule has 1 aliphatic heterocycles. The molecule has 0 amide bonds. The molecular formula is C16H26N2S. The number of rotatable bonds is 5. The van der Waals surface area contributed by atoms with E-state index in [0.29, 0.717) is 6.04 Å². The largest absolute Gasteiger partial charge is 0.381 e. The van der Waals surface area contributed by atoms with E-state index in [4.69, 9.17) is 0 Å². The second kappa shape index (κ2) is 7.20. The van der Waals surface area contributed by atoms with Crippen molar-refractivity contribution in [1.29, 1.82) is 0 Å². The topological polar surface area (TPSA) is 15.3 Å². The van der Waals surface area contributed by atoms with E-state index in [1.807, 2.05) is 11.8 Å². The first-order valence-corrected chi connectivity index (χ1v) is 8.53. The minimum absolute atomic E-state index is 0.636. The molecule has 0 bridgehead atoms. The first kappa shape index (κ1) is 14.7. The minimum Gasteiger partial charge on any atom is -0.381 e. The molecule has 106 valence electrons. The monoisotopic (exact) mass is 278 g/mol. The van der Waals surface area contributed by atoms with Crippen molar-refractivity contribution in [3.05, 3.63) is 24.3 Å². The van der Waals surface area contributed by atoms with Gasteiger partial charge in [-0.25, -0.2) is 0 Å². The number of hydrogen-bond donors (Lipinski definition) is 1. The Kier molecular flexibility index (Phi) is 5.59. The van der Waals surface area contributed by atoms with Crippen molar-refractivity contribution in [2.45, 2.75) is 37.6 Å². The zero-order valence-electron chi connectivity index (χ0n) is 12.4. The van der Waals surface area contributed by atoms with Gasteiger partial charge < -0.3 is 10.2 Å². The Morgan fingerprint density at radius 2 is 1.95 bits per heavy atom. The number of thioether (sulfide) groups is 1. The van der Waals surface area contributed by atoms with Crippen LogP contribution in [0.1, 0.15) is 26.7 Å². The molecule has 1 aliphatic rings. The molecule has 0 aliphatic carbocycles. The average Bonchev–Trinajstić information content (AvgIpc) is 2.41. The third-order valence-electron chi connectivity index (χ3n) is 3.68. The Hall–Kier alpha value is -0.670. The fourth-order valence-corrected chi connectivity index (χ4v) is 3.32. The molecule has 1 aromatic rings. The Labute approximate surface area is 122 Å². The smallest absolute Gasteiger partial charge is 0.0480 e. The van der Waals surface area contributed by atoms with Crippen LogP contribution in [0.3, 0.4) is 0 Å². The van der Waals surface area contributed by atoms with Crippen molar-refractivity contribution in [3.63, 3.8) is 0 Å². The highest BCUT2D eigenvalue weighted by atomic mass is 32.2. The fourth-order valence-electron chi connectivity index (χ4n) is 2.76. The Morgan fingerprint density at radius 1 is 1.26 bits per heavy atom. The summed E-state index contributed by atoms with van der Waals surface area (Å²) in [5.41, 5.74) is 1.30. The first-order valence-electron chi connectivity index (χ1n) is 7.31. The lowest BCUT2D eigenvalue weighted by Crippen LogP contribution is -2.40. The van der Waals surface area contributed by atoms with Crippen LogP contribution in [0.15, 0.2) is 29.2 Å². The number of piperidine rings is 1. The molecule has 1 heterocycles. The molecule has 1 fully saturated rings. The zero-order valence-corrected chi connectivity index (χ0v) is 13.2. The summed E-state index contributed by atoms with van der Waals surface area (Å²) in [6.45, 7) is 8.32. The van der Waals surface area contributed by atoms with Crippen molar-refractivity contribution in [3.8, 4) is 0 Å². The van der Waals surface area contributed by atoms with E-state index in [9.17, 15) is 0 Å². The van der Waals surface area contributed by atoms with Gasteiger partial charge in [0.05, 0.1) is 0 Å². The minimum atomic E-state index is 0.636. The van der Waals surface area contributed by atoms with Gasteiger partial charge in [0.2, 0.25) is 0 Å². The van der Waals surface area contributed by atoms with Crippen LogP contribution in [-0.2, 0) is 0 Å². The van der Waals surface area contributed by atoms with Gasteiger partial charge in [-0.05, 0) is 37.1 Å². The number of benzene rings is 1. The average molecular weight is 278 g/mol. The number of nitrogens with zero attached hydrogens (tertiary/aromatic N) is 1. The second-order valence-corrected chi connectivity index (χ2v) is 6.66. The van der Waals surface area contributed by atoms with E-state index in [2.05, 4.69) is 54.6 Å². The summed E-state index contributed by atoms with van der Waals surface area (Å²) in [4.78, 5) is 3.95. The zero-order chi connectivity index (χ0) is 13.7. The SMILES string of the molecule is CSc1ccccc1NC1CCN(CC(C)C)CC1. The van der Waals surface area contributed by atoms with E-state index >= 15 is 0 Å². The normalized spacial score (nSPS) is 17.9. The van der Waals surface area contributed by atoms with Crippen LogP contribution < -0.4 is 5.32 Å². The Balaban J connectivity index is 1.85. The summed E-state index contributed by atoms with van der Waals surface area (Å²) < 4.78 is 0. The second-order valence-electron chi connectivity index (χ2n) is 5.81. The molecule has 1 aromatic carbocycles. The number of anilines is 1. The molecule has 2 nitrogen and oxygen atoms in total. The molecule has 0 aromatic heterocycles. The highest BCUT2D eigenvalue weighted by molar-refractivity contribution is 7.98. The quantitative estimate of drug-likeness (QED) is 0.821. The standard InChI is InChI=1S/C16H26N2S/c1-13(2)12-18-10-8-14(9-11-18)17-15-6-4-5-7-16(15)19-3/h4-7,13-14,17H,8-12H2,1-3H3. The van der Waals surface area contributed by atoms with Gasteiger partial charge in [-0.15, -0.1) is 11.8 Å². The summed E-state index contributed by atoms with van der Waals surface area (Å²) in [6, 6.07) is 9.27. The molecule has 3 heteroatoms. The first-order chi connectivity index (χ1) is 9.19. The lowest BCUT2D eigenvalue weighted by Gasteiger charge is -2.34. The molecule has 0 unspecified atom stereocenters. The molecule has 0 radical (unpaired) electrons. The van der Waals surface area contributed by atoms with Crippen LogP contribution in [0, 0.1) is 5.92 Å². The maximum atomic E-state index is 3.73. The summed E-state index contributed by atoms with van der Waals surface area (Å²) in [5.74, 6) is 0.779. The highest BCUT2D eigenvalue weighted by Crippen LogP contribution is 2.27. The molecular weight excluding hydrogens is 252 g/mol. The molecule has 2 rings (SSSR count). The van der Waals surface area contributed by atoms with Gasteiger partial charge in [-0.2, -0.15) is 0 Å². The van der Waals surface area contributed by atoms with E-state index in [1.165, 1.54) is 43.1 Å². The van der Waals surface area contributed by atoms with Gasteiger partial charge in [0.25, 0.3) is 0 Å². The molecule has 19 heavy (non-hydrogen) atoms. The Bertz CT molecular complexity index is 384. The lowest BCUT2D eigenvalue weighted by atomic mass is 10.0. The van der Waals surface area contributed by atoms with Crippen LogP contribution in [-0.4, -0.2) is 36.8 Å². The summed E-state index contributed by atoms with van der Waals surface area (Å²) in [7, 11) is 0. The highest BCUT2D eigenvalue weighted by Gasteiger charge is 2.19. The van der Waals surface area contributed by atoms with Gasteiger partial charge in [0.15, 0.2) is 0 Å². The van der Waals surface area contributed by atoms with E-state index in [-0.39, 0.29) is 0 Å². The molecule has 1 saturated heterocycles. The van der Waals surface area contributed by atoms with Gasteiger partial charge in [-0.3, -0.25) is 0 Å². The van der Waals surface area contributed by atoms with E-state index < -0.39 is 0 Å². The third kappa shape index (κ3) is 4.43. The maximum absolute atomic E-state index is 3.73. The number of likely N-dealkylation sites (tertiary alicyclic amines) is 1. The summed E-state index contributed by atoms with van der Waals surface area (Å²) in [6.07, 6.45) is 4.66. The van der Waals surface area contributed by atoms with Crippen LogP contribution >= 0.6 is 11.8 Å². The van der Waals surface area contributed by atoms with Gasteiger partial charge >= 0.3 is 0 Å². The summed E-state index contributed by atoms with van der Waals surface area (Å²) in [5, 5.41) is 3.73. The van der Waals surface area contributed by atoms with Crippen molar-refractivity contribution < 1.29 is 0 Å². The molecule has 0 saturated carbocycles. The van der Waals surface area contributed by atoms with Gasteiger partial charge in [0, 0.05) is 36.3 Å². The van der Waals surface area contributed by atoms with Crippen LogP contribution in [0.4, 0.5) is 5.69 Å². The van der Waals surface area contributed by atoms with Crippen molar-refractivity contribution in [2.75, 3.05) is 31.2 Å². The summed E-state index contributed by atoms with van der Waals surface area (Å²) >= 11 is 1.82. The number of nitrogens with one attached hydrogen (secondary N) is 1. The van der Waals surface area contributed by atoms with E-state index in [0.717, 1.165) is 5.92 Å². The maximum Gasteiger partial charge on any atom is 0.0480 e. The molecule has 0 atom stereocenters. The van der Waals surface area contributed by atoms with Crippen LogP contribution in [0.25, 0.3) is 0 Å².